The summed E-state index contributed by atoms with van der Waals surface area (Å²) < 4.78 is 5.47. The van der Waals surface area contributed by atoms with E-state index in [1.165, 1.54) is 31.4 Å². The van der Waals surface area contributed by atoms with Crippen LogP contribution in [-0.4, -0.2) is 43.8 Å². The van der Waals surface area contributed by atoms with Gasteiger partial charge in [0.2, 0.25) is 0 Å². The van der Waals surface area contributed by atoms with Gasteiger partial charge in [0.1, 0.15) is 0 Å². The molecule has 0 saturated carbocycles. The Labute approximate surface area is 115 Å². The van der Waals surface area contributed by atoms with Crippen LogP contribution in [0.1, 0.15) is 30.9 Å². The Bertz CT molecular complexity index is 395. The summed E-state index contributed by atoms with van der Waals surface area (Å²) in [7, 11) is 1.80. The van der Waals surface area contributed by atoms with Crippen LogP contribution in [-0.2, 0) is 4.74 Å². The van der Waals surface area contributed by atoms with Gasteiger partial charge in [-0.05, 0) is 24.8 Å². The summed E-state index contributed by atoms with van der Waals surface area (Å²) in [5.41, 5.74) is 1.38. The van der Waals surface area contributed by atoms with Crippen LogP contribution >= 0.6 is 0 Å². The Morgan fingerprint density at radius 2 is 2.00 bits per heavy atom. The minimum Gasteiger partial charge on any atom is -0.383 e. The summed E-state index contributed by atoms with van der Waals surface area (Å²) in [5, 5.41) is 3.75. The summed E-state index contributed by atoms with van der Waals surface area (Å²) in [5.74, 6) is 0. The number of likely N-dealkylation sites (tertiary alicyclic amines) is 1. The lowest BCUT2D eigenvalue weighted by atomic mass is 10.0. The van der Waals surface area contributed by atoms with Crippen LogP contribution in [0.4, 0.5) is 0 Å². The van der Waals surface area contributed by atoms with Crippen LogP contribution in [0, 0.1) is 0 Å². The Kier molecular flexibility index (Phi) is 4.16. The van der Waals surface area contributed by atoms with E-state index in [1.54, 1.807) is 7.11 Å². The van der Waals surface area contributed by atoms with E-state index in [0.29, 0.717) is 12.1 Å². The second-order valence-corrected chi connectivity index (χ2v) is 5.80. The Balaban J connectivity index is 1.76. The number of nitrogens with zero attached hydrogens (tertiary/aromatic N) is 1. The lowest BCUT2D eigenvalue weighted by Crippen LogP contribution is -2.39. The molecule has 2 aliphatic rings. The highest BCUT2D eigenvalue weighted by atomic mass is 16.5. The second kappa shape index (κ2) is 6.04. The lowest BCUT2D eigenvalue weighted by Gasteiger charge is -2.32. The summed E-state index contributed by atoms with van der Waals surface area (Å²) in [6, 6.07) is 12.6. The highest BCUT2D eigenvalue weighted by Gasteiger charge is 2.32. The molecule has 0 spiro atoms. The molecule has 3 rings (SSSR count). The molecule has 0 amide bonds. The highest BCUT2D eigenvalue weighted by Crippen LogP contribution is 2.27. The van der Waals surface area contributed by atoms with Crippen molar-refractivity contribution in [1.82, 2.24) is 10.2 Å². The van der Waals surface area contributed by atoms with Crippen molar-refractivity contribution in [3.63, 3.8) is 0 Å². The molecule has 0 aliphatic carbocycles. The van der Waals surface area contributed by atoms with Crippen LogP contribution in [0.25, 0.3) is 0 Å². The van der Waals surface area contributed by atoms with Gasteiger partial charge in [-0.1, -0.05) is 30.3 Å². The molecule has 2 bridgehead atoms. The molecule has 2 aliphatic heterocycles. The molecule has 1 N–H and O–H groups in total. The number of rotatable bonds is 4. The quantitative estimate of drug-likeness (QED) is 0.898. The molecule has 104 valence electrons. The monoisotopic (exact) mass is 260 g/mol. The minimum atomic E-state index is 0.396. The van der Waals surface area contributed by atoms with Crippen LogP contribution in [0.15, 0.2) is 30.3 Å². The van der Waals surface area contributed by atoms with Crippen molar-refractivity contribution in [3.8, 4) is 0 Å². The van der Waals surface area contributed by atoms with Gasteiger partial charge >= 0.3 is 0 Å². The Hall–Kier alpha value is -0.900. The topological polar surface area (TPSA) is 24.5 Å². The van der Waals surface area contributed by atoms with Crippen molar-refractivity contribution in [3.05, 3.63) is 35.9 Å². The van der Waals surface area contributed by atoms with E-state index in [9.17, 15) is 0 Å². The smallest absolute Gasteiger partial charge is 0.0659 e. The van der Waals surface area contributed by atoms with Crippen LogP contribution in [0.5, 0.6) is 0 Å². The zero-order valence-electron chi connectivity index (χ0n) is 11.7. The summed E-state index contributed by atoms with van der Waals surface area (Å²) in [4.78, 5) is 2.61. The predicted octanol–water partition coefficient (Wildman–Crippen LogP) is 2.20. The molecule has 2 saturated heterocycles. The zero-order valence-corrected chi connectivity index (χ0v) is 11.7. The first-order valence-electron chi connectivity index (χ1n) is 7.41. The van der Waals surface area contributed by atoms with E-state index >= 15 is 0 Å². The van der Waals surface area contributed by atoms with Gasteiger partial charge in [0.25, 0.3) is 0 Å². The van der Waals surface area contributed by atoms with E-state index in [1.807, 2.05) is 0 Å². The number of benzene rings is 1. The van der Waals surface area contributed by atoms with E-state index in [0.717, 1.165) is 19.2 Å². The van der Waals surface area contributed by atoms with Crippen molar-refractivity contribution in [2.45, 2.75) is 37.4 Å². The summed E-state index contributed by atoms with van der Waals surface area (Å²) >= 11 is 0. The van der Waals surface area contributed by atoms with Gasteiger partial charge in [0, 0.05) is 32.3 Å². The number of hydrogen-bond donors (Lipinski definition) is 1. The molecule has 19 heavy (non-hydrogen) atoms. The average molecular weight is 260 g/mol. The molecule has 0 radical (unpaired) electrons. The van der Waals surface area contributed by atoms with Crippen molar-refractivity contribution < 1.29 is 4.74 Å². The number of ether oxygens (including phenoxy) is 1. The number of fused-ring (bicyclic) bond motifs is 2. The molecule has 2 heterocycles. The molecule has 3 atom stereocenters. The lowest BCUT2D eigenvalue weighted by molar-refractivity contribution is 0.0863. The number of hydrogen-bond acceptors (Lipinski definition) is 3. The first-order valence-corrected chi connectivity index (χ1v) is 7.41. The SMILES string of the molecule is COCC(c1ccccc1)N1CCC2CCC(C1)N2. The second-order valence-electron chi connectivity index (χ2n) is 5.80. The predicted molar refractivity (Wildman–Crippen MR) is 77.2 cm³/mol. The summed E-state index contributed by atoms with van der Waals surface area (Å²) in [6.07, 6.45) is 3.96. The maximum atomic E-state index is 5.47. The molecular weight excluding hydrogens is 236 g/mol. The fourth-order valence-electron chi connectivity index (χ4n) is 3.50. The summed E-state index contributed by atoms with van der Waals surface area (Å²) in [6.45, 7) is 3.11. The van der Waals surface area contributed by atoms with Crippen molar-refractivity contribution in [2.24, 2.45) is 0 Å². The number of methoxy groups -OCH3 is 1. The molecule has 0 aromatic heterocycles. The Morgan fingerprint density at radius 1 is 1.21 bits per heavy atom. The van der Waals surface area contributed by atoms with Crippen molar-refractivity contribution in [1.29, 1.82) is 0 Å². The van der Waals surface area contributed by atoms with Gasteiger partial charge in [-0.25, -0.2) is 0 Å². The number of nitrogens with one attached hydrogen (secondary N) is 1. The van der Waals surface area contributed by atoms with Gasteiger partial charge in [-0.2, -0.15) is 0 Å². The Morgan fingerprint density at radius 3 is 2.79 bits per heavy atom. The third-order valence-corrected chi connectivity index (χ3v) is 4.50. The van der Waals surface area contributed by atoms with Gasteiger partial charge < -0.3 is 10.1 Å². The van der Waals surface area contributed by atoms with Crippen LogP contribution in [0.2, 0.25) is 0 Å². The molecule has 1 aromatic rings. The van der Waals surface area contributed by atoms with Gasteiger partial charge in [0.15, 0.2) is 0 Å². The largest absolute Gasteiger partial charge is 0.383 e. The van der Waals surface area contributed by atoms with Crippen molar-refractivity contribution >= 4 is 0 Å². The van der Waals surface area contributed by atoms with Gasteiger partial charge in [-0.3, -0.25) is 4.90 Å². The molecule has 3 heteroatoms. The minimum absolute atomic E-state index is 0.396. The fourth-order valence-corrected chi connectivity index (χ4v) is 3.50. The van der Waals surface area contributed by atoms with Crippen molar-refractivity contribution in [2.75, 3.05) is 26.8 Å². The standard InChI is InChI=1S/C16H24N2O/c1-19-12-16(13-5-3-2-4-6-13)18-10-9-14-7-8-15(11-18)17-14/h2-6,14-17H,7-12H2,1H3. The van der Waals surface area contributed by atoms with Gasteiger partial charge in [-0.15, -0.1) is 0 Å². The average Bonchev–Trinajstić information content (AvgIpc) is 2.77. The van der Waals surface area contributed by atoms with Crippen LogP contribution < -0.4 is 5.32 Å². The molecular formula is C16H24N2O. The molecule has 2 fully saturated rings. The molecule has 1 aromatic carbocycles. The molecule has 3 unspecified atom stereocenters. The van der Waals surface area contributed by atoms with E-state index < -0.39 is 0 Å². The maximum absolute atomic E-state index is 5.47. The third kappa shape index (κ3) is 2.99. The maximum Gasteiger partial charge on any atom is 0.0659 e. The van der Waals surface area contributed by atoms with Gasteiger partial charge in [0.05, 0.1) is 12.6 Å². The van der Waals surface area contributed by atoms with E-state index in [2.05, 4.69) is 40.5 Å². The van der Waals surface area contributed by atoms with Crippen LogP contribution in [0.3, 0.4) is 0 Å². The highest BCUT2D eigenvalue weighted by molar-refractivity contribution is 5.19. The normalized spacial score (nSPS) is 29.1. The third-order valence-electron chi connectivity index (χ3n) is 4.50. The first-order chi connectivity index (χ1) is 9.36. The molecule has 3 nitrogen and oxygen atoms in total. The van der Waals surface area contributed by atoms with E-state index in [-0.39, 0.29) is 0 Å². The van der Waals surface area contributed by atoms with E-state index in [4.69, 9.17) is 4.74 Å². The fraction of sp³-hybridized carbons (Fsp3) is 0.625. The zero-order chi connectivity index (χ0) is 13.1. The first kappa shape index (κ1) is 13.1.